The van der Waals surface area contributed by atoms with Gasteiger partial charge < -0.3 is 14.8 Å². The highest BCUT2D eigenvalue weighted by molar-refractivity contribution is 9.10. The van der Waals surface area contributed by atoms with Gasteiger partial charge >= 0.3 is 0 Å². The first-order valence-corrected chi connectivity index (χ1v) is 13.0. The zero-order valence-corrected chi connectivity index (χ0v) is 21.4. The second kappa shape index (κ2) is 9.02. The first-order chi connectivity index (χ1) is 17.1. The Bertz CT molecular complexity index is 1310. The van der Waals surface area contributed by atoms with Crippen LogP contribution in [0.4, 0.5) is 5.69 Å². The third-order valence-corrected chi connectivity index (χ3v) is 8.06. The molecule has 2 atom stereocenters. The molecule has 3 nitrogen and oxygen atoms in total. The summed E-state index contributed by atoms with van der Waals surface area (Å²) in [7, 11) is 0. The fraction of sp³-hybridized carbons (Fsp3) is 0.200. The van der Waals surface area contributed by atoms with Crippen LogP contribution in [0.3, 0.4) is 0 Å². The standard InChI is InChI=1S/C30H25BrClNO2/c31-25-17-23(32)15-16-26(25)33-27-18-30(35-28-14-8-7-13-24(27)28)19-29(20-34-30,21-9-3-1-4-10-21)22-11-5-2-6-12-22/h1-17,27,33H,18-20H2/t27-,30+/m1/s1. The predicted octanol–water partition coefficient (Wildman–Crippen LogP) is 8.14. The maximum absolute atomic E-state index is 6.70. The maximum Gasteiger partial charge on any atom is 0.214 e. The third kappa shape index (κ3) is 4.14. The number of nitrogens with one attached hydrogen (secondary N) is 1. The molecule has 176 valence electrons. The third-order valence-electron chi connectivity index (χ3n) is 7.17. The van der Waals surface area contributed by atoms with Gasteiger partial charge in [0.2, 0.25) is 5.79 Å². The van der Waals surface area contributed by atoms with Crippen molar-refractivity contribution in [2.24, 2.45) is 0 Å². The minimum absolute atomic E-state index is 0.0137. The predicted molar refractivity (Wildman–Crippen MR) is 144 cm³/mol. The molecule has 0 unspecified atom stereocenters. The topological polar surface area (TPSA) is 30.5 Å². The largest absolute Gasteiger partial charge is 0.462 e. The highest BCUT2D eigenvalue weighted by atomic mass is 79.9. The summed E-state index contributed by atoms with van der Waals surface area (Å²) in [4.78, 5) is 0. The number of para-hydroxylation sites is 1. The van der Waals surface area contributed by atoms with Crippen LogP contribution in [0.1, 0.15) is 35.6 Å². The van der Waals surface area contributed by atoms with Gasteiger partial charge in [-0.2, -0.15) is 0 Å². The number of halogens is 2. The van der Waals surface area contributed by atoms with E-state index in [1.807, 2.05) is 30.3 Å². The van der Waals surface area contributed by atoms with E-state index < -0.39 is 5.79 Å². The maximum atomic E-state index is 6.70. The van der Waals surface area contributed by atoms with Crippen molar-refractivity contribution in [2.45, 2.75) is 30.1 Å². The fourth-order valence-corrected chi connectivity index (χ4v) is 6.31. The summed E-state index contributed by atoms with van der Waals surface area (Å²) >= 11 is 9.85. The molecular formula is C30H25BrClNO2. The van der Waals surface area contributed by atoms with E-state index in [0.717, 1.165) is 27.9 Å². The summed E-state index contributed by atoms with van der Waals surface area (Å²) in [5, 5.41) is 4.42. The molecule has 2 aliphatic heterocycles. The summed E-state index contributed by atoms with van der Waals surface area (Å²) in [6, 6.07) is 35.4. The van der Waals surface area contributed by atoms with Crippen molar-refractivity contribution in [3.8, 4) is 5.75 Å². The number of benzene rings is 4. The van der Waals surface area contributed by atoms with E-state index in [1.165, 1.54) is 11.1 Å². The van der Waals surface area contributed by atoms with Gasteiger partial charge in [0.1, 0.15) is 5.75 Å². The monoisotopic (exact) mass is 545 g/mol. The Morgan fingerprint density at radius 2 is 1.49 bits per heavy atom. The van der Waals surface area contributed by atoms with Gasteiger partial charge in [-0.15, -0.1) is 0 Å². The average Bonchev–Trinajstić information content (AvgIpc) is 3.26. The van der Waals surface area contributed by atoms with Crippen LogP contribution in [0.15, 0.2) is 108 Å². The van der Waals surface area contributed by atoms with Crippen molar-refractivity contribution in [2.75, 3.05) is 11.9 Å². The van der Waals surface area contributed by atoms with Crippen LogP contribution in [-0.4, -0.2) is 12.4 Å². The lowest BCUT2D eigenvalue weighted by atomic mass is 9.71. The van der Waals surface area contributed by atoms with Crippen molar-refractivity contribution in [1.82, 2.24) is 0 Å². The molecule has 0 aromatic heterocycles. The van der Waals surface area contributed by atoms with Crippen molar-refractivity contribution in [1.29, 1.82) is 0 Å². The molecule has 4 aromatic rings. The van der Waals surface area contributed by atoms with Gasteiger partial charge in [0.15, 0.2) is 0 Å². The molecule has 4 aromatic carbocycles. The molecule has 6 rings (SSSR count). The summed E-state index contributed by atoms with van der Waals surface area (Å²) in [6.07, 6.45) is 1.41. The van der Waals surface area contributed by atoms with E-state index in [9.17, 15) is 0 Å². The first kappa shape index (κ1) is 22.7. The first-order valence-electron chi connectivity index (χ1n) is 11.8. The Kier molecular flexibility index (Phi) is 5.84. The molecule has 1 N–H and O–H groups in total. The number of anilines is 1. The lowest BCUT2D eigenvalue weighted by molar-refractivity contribution is -0.164. The van der Waals surface area contributed by atoms with E-state index in [-0.39, 0.29) is 11.5 Å². The zero-order chi connectivity index (χ0) is 23.9. The number of ether oxygens (including phenoxy) is 2. The van der Waals surface area contributed by atoms with Gasteiger partial charge in [-0.05, 0) is 51.3 Å². The number of hydrogen-bond donors (Lipinski definition) is 1. The number of hydrogen-bond acceptors (Lipinski definition) is 3. The van der Waals surface area contributed by atoms with E-state index in [0.29, 0.717) is 18.1 Å². The highest BCUT2D eigenvalue weighted by Gasteiger charge is 2.55. The van der Waals surface area contributed by atoms with Crippen LogP contribution < -0.4 is 10.1 Å². The van der Waals surface area contributed by atoms with Crippen molar-refractivity contribution in [3.63, 3.8) is 0 Å². The molecule has 0 amide bonds. The summed E-state index contributed by atoms with van der Waals surface area (Å²) < 4.78 is 14.3. The van der Waals surface area contributed by atoms with Crippen LogP contribution in [0.5, 0.6) is 5.75 Å². The lowest BCUT2D eigenvalue weighted by Gasteiger charge is -2.40. The Morgan fingerprint density at radius 3 is 2.17 bits per heavy atom. The molecule has 1 saturated heterocycles. The van der Waals surface area contributed by atoms with E-state index in [2.05, 4.69) is 94.0 Å². The molecule has 5 heteroatoms. The molecule has 0 radical (unpaired) electrons. The molecule has 0 bridgehead atoms. The van der Waals surface area contributed by atoms with Gasteiger partial charge in [0, 0.05) is 39.0 Å². The normalized spacial score (nSPS) is 22.4. The van der Waals surface area contributed by atoms with Crippen molar-refractivity contribution >= 4 is 33.2 Å². The van der Waals surface area contributed by atoms with Gasteiger partial charge in [0.05, 0.1) is 12.6 Å². The smallest absolute Gasteiger partial charge is 0.214 e. The van der Waals surface area contributed by atoms with Crippen molar-refractivity contribution in [3.05, 3.63) is 129 Å². The fourth-order valence-electron chi connectivity index (χ4n) is 5.51. The van der Waals surface area contributed by atoms with Gasteiger partial charge in [0.25, 0.3) is 0 Å². The Hall–Kier alpha value is -2.79. The summed E-state index contributed by atoms with van der Waals surface area (Å²) in [6.45, 7) is 0.556. The molecular weight excluding hydrogens is 522 g/mol. The van der Waals surface area contributed by atoms with Gasteiger partial charge in [-0.3, -0.25) is 0 Å². The highest BCUT2D eigenvalue weighted by Crippen LogP contribution is 2.53. The molecule has 2 heterocycles. The van der Waals surface area contributed by atoms with Crippen LogP contribution in [0.2, 0.25) is 5.02 Å². The number of rotatable bonds is 4. The van der Waals surface area contributed by atoms with Crippen molar-refractivity contribution < 1.29 is 9.47 Å². The van der Waals surface area contributed by atoms with Crippen LogP contribution in [-0.2, 0) is 10.2 Å². The Balaban J connectivity index is 1.40. The molecule has 0 aliphatic carbocycles. The molecule has 1 fully saturated rings. The molecule has 1 spiro atoms. The molecule has 2 aliphatic rings. The lowest BCUT2D eigenvalue weighted by Crippen LogP contribution is -2.43. The summed E-state index contributed by atoms with van der Waals surface area (Å²) in [5.74, 6) is 0.106. The van der Waals surface area contributed by atoms with Crippen LogP contribution in [0, 0.1) is 0 Å². The number of fused-ring (bicyclic) bond motifs is 1. The average molecular weight is 547 g/mol. The van der Waals surface area contributed by atoms with Crippen LogP contribution in [0.25, 0.3) is 0 Å². The second-order valence-corrected chi connectivity index (χ2v) is 10.6. The van der Waals surface area contributed by atoms with Crippen LogP contribution >= 0.6 is 27.5 Å². The minimum Gasteiger partial charge on any atom is -0.462 e. The Labute approximate surface area is 219 Å². The second-order valence-electron chi connectivity index (χ2n) is 9.36. The Morgan fingerprint density at radius 1 is 0.829 bits per heavy atom. The van der Waals surface area contributed by atoms with E-state index in [1.54, 1.807) is 0 Å². The van der Waals surface area contributed by atoms with E-state index >= 15 is 0 Å². The minimum atomic E-state index is -0.753. The van der Waals surface area contributed by atoms with Gasteiger partial charge in [-0.25, -0.2) is 0 Å². The quantitative estimate of drug-likeness (QED) is 0.280. The zero-order valence-electron chi connectivity index (χ0n) is 19.1. The molecule has 0 saturated carbocycles. The van der Waals surface area contributed by atoms with Gasteiger partial charge in [-0.1, -0.05) is 90.5 Å². The SMILES string of the molecule is Clc1ccc(N[C@@H]2C[C@@]3(CC(c4ccccc4)(c4ccccc4)CO3)Oc3ccccc32)c(Br)c1. The van der Waals surface area contributed by atoms with E-state index in [4.69, 9.17) is 21.1 Å². The molecule has 35 heavy (non-hydrogen) atoms. The summed E-state index contributed by atoms with van der Waals surface area (Å²) in [5.41, 5.74) is 4.31.